The number of hydrogen-bond acceptors (Lipinski definition) is 3. The molecule has 0 N–H and O–H groups in total. The maximum Gasteiger partial charge on any atom is 0.308 e. The first-order valence-corrected chi connectivity index (χ1v) is 6.96. The van der Waals surface area contributed by atoms with E-state index in [0.29, 0.717) is 11.7 Å². The molecule has 0 atom stereocenters. The van der Waals surface area contributed by atoms with Gasteiger partial charge in [0.05, 0.1) is 5.75 Å². The molecule has 0 fully saturated rings. The van der Waals surface area contributed by atoms with Crippen LogP contribution in [0.15, 0.2) is 18.2 Å². The summed E-state index contributed by atoms with van der Waals surface area (Å²) in [5.41, 5.74) is 1.91. The first-order valence-electron chi connectivity index (χ1n) is 5.38. The minimum atomic E-state index is -3.44. The van der Waals surface area contributed by atoms with Crippen LogP contribution in [0, 0.1) is 6.92 Å². The van der Waals surface area contributed by atoms with E-state index in [-0.39, 0.29) is 5.75 Å². The van der Waals surface area contributed by atoms with Crippen LogP contribution in [-0.4, -0.2) is 14.2 Å². The largest absolute Gasteiger partial charge is 0.382 e. The fourth-order valence-corrected chi connectivity index (χ4v) is 1.83. The summed E-state index contributed by atoms with van der Waals surface area (Å²) in [5, 5.41) is 0. The molecule has 0 aliphatic rings. The fourth-order valence-electron chi connectivity index (χ4n) is 1.26. The Morgan fingerprint density at radius 3 is 2.44 bits per heavy atom. The van der Waals surface area contributed by atoms with Gasteiger partial charge in [0.25, 0.3) is 0 Å². The summed E-state index contributed by atoms with van der Waals surface area (Å²) in [6.07, 6.45) is 0. The van der Waals surface area contributed by atoms with E-state index in [1.165, 1.54) is 0 Å². The van der Waals surface area contributed by atoms with Crippen molar-refractivity contribution in [2.45, 2.75) is 33.6 Å². The molecule has 1 rings (SSSR count). The molecule has 0 aromatic heterocycles. The quantitative estimate of drug-likeness (QED) is 0.762. The molecular formula is C12H18O3S. The molecule has 1 aromatic carbocycles. The zero-order chi connectivity index (χ0) is 12.3. The predicted octanol–water partition coefficient (Wildman–Crippen LogP) is 2.85. The van der Waals surface area contributed by atoms with Gasteiger partial charge >= 0.3 is 10.1 Å². The summed E-state index contributed by atoms with van der Waals surface area (Å²) in [6, 6.07) is 5.68. The van der Waals surface area contributed by atoms with Gasteiger partial charge in [0.1, 0.15) is 5.75 Å². The first kappa shape index (κ1) is 13.0. The fraction of sp³-hybridized carbons (Fsp3) is 0.500. The summed E-state index contributed by atoms with van der Waals surface area (Å²) < 4.78 is 27.8. The van der Waals surface area contributed by atoms with Crippen LogP contribution in [0.5, 0.6) is 5.75 Å². The van der Waals surface area contributed by atoms with Gasteiger partial charge in [0.15, 0.2) is 0 Å². The van der Waals surface area contributed by atoms with Crippen LogP contribution in [0.25, 0.3) is 0 Å². The molecule has 90 valence electrons. The van der Waals surface area contributed by atoms with Crippen molar-refractivity contribution in [3.8, 4) is 5.75 Å². The third-order valence-electron chi connectivity index (χ3n) is 2.45. The molecule has 0 unspecified atom stereocenters. The Morgan fingerprint density at radius 2 is 1.94 bits per heavy atom. The lowest BCUT2D eigenvalue weighted by atomic mass is 10.0. The molecule has 3 nitrogen and oxygen atoms in total. The highest BCUT2D eigenvalue weighted by Crippen LogP contribution is 2.25. The normalized spacial score (nSPS) is 11.8. The summed E-state index contributed by atoms with van der Waals surface area (Å²) >= 11 is 0. The van der Waals surface area contributed by atoms with Gasteiger partial charge in [-0.1, -0.05) is 26.0 Å². The van der Waals surface area contributed by atoms with Crippen molar-refractivity contribution in [1.82, 2.24) is 0 Å². The predicted molar refractivity (Wildman–Crippen MR) is 65.4 cm³/mol. The Bertz CT molecular complexity index is 461. The highest BCUT2D eigenvalue weighted by Gasteiger charge is 2.12. The molecule has 0 aliphatic heterocycles. The zero-order valence-corrected chi connectivity index (χ0v) is 11.0. The van der Waals surface area contributed by atoms with Crippen molar-refractivity contribution in [1.29, 1.82) is 0 Å². The van der Waals surface area contributed by atoms with Gasteiger partial charge in [-0.25, -0.2) is 0 Å². The third kappa shape index (κ3) is 3.23. The van der Waals surface area contributed by atoms with E-state index >= 15 is 0 Å². The van der Waals surface area contributed by atoms with Crippen molar-refractivity contribution >= 4 is 10.1 Å². The highest BCUT2D eigenvalue weighted by molar-refractivity contribution is 7.87. The molecule has 0 saturated carbocycles. The second kappa shape index (κ2) is 4.87. The van der Waals surface area contributed by atoms with Crippen LogP contribution in [0.1, 0.15) is 37.8 Å². The first-order chi connectivity index (χ1) is 7.35. The van der Waals surface area contributed by atoms with E-state index in [0.717, 1.165) is 11.1 Å². The minimum absolute atomic E-state index is 0.0155. The lowest BCUT2D eigenvalue weighted by Crippen LogP contribution is -2.12. The summed E-state index contributed by atoms with van der Waals surface area (Å²) in [6.45, 7) is 7.52. The van der Waals surface area contributed by atoms with E-state index < -0.39 is 10.1 Å². The molecule has 16 heavy (non-hydrogen) atoms. The SMILES string of the molecule is CCS(=O)(=O)Oc1cc(C(C)C)ccc1C. The van der Waals surface area contributed by atoms with Gasteiger partial charge in [-0.05, 0) is 37.0 Å². The van der Waals surface area contributed by atoms with Gasteiger partial charge in [-0.3, -0.25) is 0 Å². The van der Waals surface area contributed by atoms with Gasteiger partial charge in [-0.2, -0.15) is 8.42 Å². The van der Waals surface area contributed by atoms with Crippen molar-refractivity contribution in [3.05, 3.63) is 29.3 Å². The maximum atomic E-state index is 11.4. The second-order valence-electron chi connectivity index (χ2n) is 4.11. The van der Waals surface area contributed by atoms with Gasteiger partial charge < -0.3 is 4.18 Å². The molecule has 1 aromatic rings. The highest BCUT2D eigenvalue weighted by atomic mass is 32.2. The Hall–Kier alpha value is -1.03. The van der Waals surface area contributed by atoms with Crippen molar-refractivity contribution in [2.24, 2.45) is 0 Å². The van der Waals surface area contributed by atoms with E-state index in [9.17, 15) is 8.42 Å². The molecule has 0 saturated heterocycles. The molecular weight excluding hydrogens is 224 g/mol. The Kier molecular flexibility index (Phi) is 3.97. The van der Waals surface area contributed by atoms with E-state index in [1.54, 1.807) is 13.0 Å². The molecule has 0 bridgehead atoms. The Balaban J connectivity index is 3.08. The second-order valence-corrected chi connectivity index (χ2v) is 5.97. The van der Waals surface area contributed by atoms with Crippen molar-refractivity contribution in [2.75, 3.05) is 5.75 Å². The lowest BCUT2D eigenvalue weighted by Gasteiger charge is -2.11. The average molecular weight is 242 g/mol. The maximum absolute atomic E-state index is 11.4. The van der Waals surface area contributed by atoms with Gasteiger partial charge in [0.2, 0.25) is 0 Å². The van der Waals surface area contributed by atoms with Crippen LogP contribution in [-0.2, 0) is 10.1 Å². The molecule has 0 radical (unpaired) electrons. The van der Waals surface area contributed by atoms with Gasteiger partial charge in [0, 0.05) is 0 Å². The molecule has 0 spiro atoms. The summed E-state index contributed by atoms with van der Waals surface area (Å²) in [7, 11) is -3.44. The molecule has 4 heteroatoms. The monoisotopic (exact) mass is 242 g/mol. The van der Waals surface area contributed by atoms with Crippen LogP contribution in [0.2, 0.25) is 0 Å². The number of aryl methyl sites for hydroxylation is 1. The van der Waals surface area contributed by atoms with Crippen molar-refractivity contribution in [3.63, 3.8) is 0 Å². The smallest absolute Gasteiger partial charge is 0.308 e. The standard InChI is InChI=1S/C12H18O3S/c1-5-16(13,14)15-12-8-11(9(2)3)7-6-10(12)4/h6-9H,5H2,1-4H3. The number of rotatable bonds is 4. The van der Waals surface area contributed by atoms with E-state index in [1.807, 2.05) is 19.1 Å². The lowest BCUT2D eigenvalue weighted by molar-refractivity contribution is 0.485. The van der Waals surface area contributed by atoms with E-state index in [4.69, 9.17) is 4.18 Å². The minimum Gasteiger partial charge on any atom is -0.382 e. The van der Waals surface area contributed by atoms with Crippen LogP contribution < -0.4 is 4.18 Å². The topological polar surface area (TPSA) is 43.4 Å². The van der Waals surface area contributed by atoms with Crippen LogP contribution in [0.4, 0.5) is 0 Å². The Labute approximate surface area is 97.6 Å². The summed E-state index contributed by atoms with van der Waals surface area (Å²) in [5.74, 6) is 0.776. The summed E-state index contributed by atoms with van der Waals surface area (Å²) in [4.78, 5) is 0. The van der Waals surface area contributed by atoms with E-state index in [2.05, 4.69) is 13.8 Å². The molecule has 0 aliphatic carbocycles. The van der Waals surface area contributed by atoms with Crippen LogP contribution >= 0.6 is 0 Å². The van der Waals surface area contributed by atoms with Crippen molar-refractivity contribution < 1.29 is 12.6 Å². The molecule has 0 amide bonds. The number of benzene rings is 1. The Morgan fingerprint density at radius 1 is 1.31 bits per heavy atom. The van der Waals surface area contributed by atoms with Crippen LogP contribution in [0.3, 0.4) is 0 Å². The third-order valence-corrected chi connectivity index (χ3v) is 3.59. The zero-order valence-electron chi connectivity index (χ0n) is 10.1. The average Bonchev–Trinajstić information content (AvgIpc) is 2.21. The molecule has 0 heterocycles. The van der Waals surface area contributed by atoms with Gasteiger partial charge in [-0.15, -0.1) is 0 Å². The number of hydrogen-bond donors (Lipinski definition) is 0.